The van der Waals surface area contributed by atoms with Crippen LogP contribution in [0.4, 0.5) is 0 Å². The van der Waals surface area contributed by atoms with Gasteiger partial charge < -0.3 is 19.1 Å². The largest absolute Gasteiger partial charge is 0.496 e. The third-order valence-corrected chi connectivity index (χ3v) is 7.72. The fourth-order valence-electron chi connectivity index (χ4n) is 4.83. The number of aromatic nitrogens is 2. The van der Waals surface area contributed by atoms with E-state index in [4.69, 9.17) is 9.72 Å². The molecule has 1 fully saturated rings. The maximum absolute atomic E-state index is 13.6. The van der Waals surface area contributed by atoms with Crippen molar-refractivity contribution in [2.45, 2.75) is 19.5 Å². The summed E-state index contributed by atoms with van der Waals surface area (Å²) < 4.78 is 7.31. The van der Waals surface area contributed by atoms with Crippen molar-refractivity contribution in [3.8, 4) is 17.0 Å². The molecule has 0 aliphatic carbocycles. The lowest BCUT2D eigenvalue weighted by Gasteiger charge is -2.33. The molecule has 0 unspecified atom stereocenters. The van der Waals surface area contributed by atoms with Gasteiger partial charge in [-0.1, -0.05) is 30.3 Å². The Morgan fingerprint density at radius 3 is 2.57 bits per heavy atom. The second-order valence-corrected chi connectivity index (χ2v) is 10.1. The van der Waals surface area contributed by atoms with Crippen molar-refractivity contribution in [3.05, 3.63) is 68.4 Å². The minimum Gasteiger partial charge on any atom is -0.496 e. The zero-order chi connectivity index (χ0) is 24.4. The SMILES string of the molecule is COc1cc(=O)n2c(c1C(=O)N1CCN(C)CC1)CCN(Cc1nc(-c3ccccc3)cs1)CC2. The molecule has 9 heteroatoms. The van der Waals surface area contributed by atoms with Gasteiger partial charge in [0.1, 0.15) is 16.3 Å². The summed E-state index contributed by atoms with van der Waals surface area (Å²) in [5.41, 5.74) is 3.31. The molecule has 2 aliphatic heterocycles. The Hall–Kier alpha value is -3.01. The number of rotatable bonds is 5. The number of fused-ring (bicyclic) bond motifs is 1. The topological polar surface area (TPSA) is 70.9 Å². The van der Waals surface area contributed by atoms with Gasteiger partial charge in [0.25, 0.3) is 11.5 Å². The predicted octanol–water partition coefficient (Wildman–Crippen LogP) is 2.43. The summed E-state index contributed by atoms with van der Waals surface area (Å²) in [5.74, 6) is 0.339. The Balaban J connectivity index is 1.36. The summed E-state index contributed by atoms with van der Waals surface area (Å²) in [6, 6.07) is 11.7. The second kappa shape index (κ2) is 10.3. The van der Waals surface area contributed by atoms with E-state index in [0.29, 0.717) is 37.4 Å². The first-order valence-electron chi connectivity index (χ1n) is 12.0. The number of carbonyl (C=O) groups is 1. The molecule has 2 aromatic heterocycles. The van der Waals surface area contributed by atoms with Gasteiger partial charge in [-0.3, -0.25) is 14.5 Å². The third-order valence-electron chi connectivity index (χ3n) is 6.89. The zero-order valence-electron chi connectivity index (χ0n) is 20.3. The number of hydrogen-bond donors (Lipinski definition) is 0. The van der Waals surface area contributed by atoms with Crippen LogP contribution < -0.4 is 10.3 Å². The van der Waals surface area contributed by atoms with Crippen molar-refractivity contribution < 1.29 is 9.53 Å². The van der Waals surface area contributed by atoms with Gasteiger partial charge in [0.05, 0.1) is 19.3 Å². The highest BCUT2D eigenvalue weighted by molar-refractivity contribution is 7.09. The number of carbonyl (C=O) groups excluding carboxylic acids is 1. The molecule has 5 rings (SSSR count). The highest BCUT2D eigenvalue weighted by atomic mass is 32.1. The van der Waals surface area contributed by atoms with Gasteiger partial charge in [0, 0.05) is 74.9 Å². The number of methoxy groups -OCH3 is 1. The lowest BCUT2D eigenvalue weighted by Crippen LogP contribution is -2.47. The van der Waals surface area contributed by atoms with Crippen LogP contribution in [0.3, 0.4) is 0 Å². The molecule has 2 aliphatic rings. The van der Waals surface area contributed by atoms with Crippen LogP contribution in [0.15, 0.2) is 46.6 Å². The summed E-state index contributed by atoms with van der Waals surface area (Å²) in [5, 5.41) is 3.15. The third kappa shape index (κ3) is 5.03. The summed E-state index contributed by atoms with van der Waals surface area (Å²) >= 11 is 1.66. The average molecular weight is 494 g/mol. The fourth-order valence-corrected chi connectivity index (χ4v) is 5.67. The Kier molecular flexibility index (Phi) is 6.99. The predicted molar refractivity (Wildman–Crippen MR) is 137 cm³/mol. The first-order chi connectivity index (χ1) is 17.0. The monoisotopic (exact) mass is 493 g/mol. The van der Waals surface area contributed by atoms with Gasteiger partial charge in [-0.2, -0.15) is 0 Å². The van der Waals surface area contributed by atoms with Gasteiger partial charge in [-0.15, -0.1) is 11.3 Å². The summed E-state index contributed by atoms with van der Waals surface area (Å²) in [4.78, 5) is 37.8. The van der Waals surface area contributed by atoms with Crippen molar-refractivity contribution in [1.82, 2.24) is 24.3 Å². The van der Waals surface area contributed by atoms with Crippen LogP contribution >= 0.6 is 11.3 Å². The lowest BCUT2D eigenvalue weighted by molar-refractivity contribution is 0.0658. The maximum atomic E-state index is 13.6. The maximum Gasteiger partial charge on any atom is 0.259 e. The number of thiazole rings is 1. The smallest absolute Gasteiger partial charge is 0.259 e. The van der Waals surface area contributed by atoms with Crippen LogP contribution in [0.1, 0.15) is 21.1 Å². The molecule has 4 heterocycles. The standard InChI is InChI=1S/C26H31N5O3S/c1-28-10-13-30(14-11-28)26(33)25-21-8-9-29(12-15-31(21)24(32)16-22(25)34-2)17-23-27-20(18-35-23)19-6-4-3-5-7-19/h3-7,16,18H,8-15,17H2,1-2H3. The summed E-state index contributed by atoms with van der Waals surface area (Å²) in [7, 11) is 3.60. The van der Waals surface area contributed by atoms with E-state index in [0.717, 1.165) is 54.7 Å². The number of ether oxygens (including phenoxy) is 1. The Labute approximate surface area is 209 Å². The minimum atomic E-state index is -0.116. The molecular weight excluding hydrogens is 462 g/mol. The van der Waals surface area contributed by atoms with E-state index in [1.165, 1.54) is 13.2 Å². The Bertz CT molecular complexity index is 1250. The molecule has 0 atom stereocenters. The molecule has 0 radical (unpaired) electrons. The molecule has 1 saturated heterocycles. The molecular formula is C26H31N5O3S. The van der Waals surface area contributed by atoms with Gasteiger partial charge in [-0.05, 0) is 7.05 Å². The van der Waals surface area contributed by atoms with Crippen LogP contribution in [-0.4, -0.2) is 83.6 Å². The van der Waals surface area contributed by atoms with E-state index in [1.54, 1.807) is 15.9 Å². The molecule has 0 saturated carbocycles. The first-order valence-corrected chi connectivity index (χ1v) is 12.9. The molecule has 8 nitrogen and oxygen atoms in total. The van der Waals surface area contributed by atoms with Crippen molar-refractivity contribution in [2.24, 2.45) is 0 Å². The lowest BCUT2D eigenvalue weighted by atomic mass is 10.1. The van der Waals surface area contributed by atoms with Crippen LogP contribution in [0.5, 0.6) is 5.75 Å². The van der Waals surface area contributed by atoms with E-state index < -0.39 is 0 Å². The number of benzene rings is 1. The minimum absolute atomic E-state index is 0.0421. The van der Waals surface area contributed by atoms with Gasteiger partial charge >= 0.3 is 0 Å². The van der Waals surface area contributed by atoms with Crippen LogP contribution in [0.2, 0.25) is 0 Å². The number of pyridine rings is 1. The highest BCUT2D eigenvalue weighted by Gasteiger charge is 2.29. The van der Waals surface area contributed by atoms with Crippen LogP contribution in [0.25, 0.3) is 11.3 Å². The van der Waals surface area contributed by atoms with Gasteiger partial charge in [0.15, 0.2) is 0 Å². The van der Waals surface area contributed by atoms with E-state index in [2.05, 4.69) is 34.4 Å². The molecule has 0 N–H and O–H groups in total. The normalized spacial score (nSPS) is 17.1. The van der Waals surface area contributed by atoms with E-state index in [1.807, 2.05) is 23.1 Å². The van der Waals surface area contributed by atoms with Crippen molar-refractivity contribution >= 4 is 17.2 Å². The molecule has 184 valence electrons. The molecule has 35 heavy (non-hydrogen) atoms. The van der Waals surface area contributed by atoms with Gasteiger partial charge in [-0.25, -0.2) is 4.98 Å². The number of nitrogens with zero attached hydrogens (tertiary/aromatic N) is 5. The van der Waals surface area contributed by atoms with Crippen molar-refractivity contribution in [3.63, 3.8) is 0 Å². The number of hydrogen-bond acceptors (Lipinski definition) is 7. The average Bonchev–Trinajstić information content (AvgIpc) is 3.24. The molecule has 3 aromatic rings. The zero-order valence-corrected chi connectivity index (χ0v) is 21.1. The van der Waals surface area contributed by atoms with Crippen LogP contribution in [0, 0.1) is 0 Å². The van der Waals surface area contributed by atoms with E-state index >= 15 is 0 Å². The van der Waals surface area contributed by atoms with E-state index in [-0.39, 0.29) is 11.5 Å². The van der Waals surface area contributed by atoms with Crippen LogP contribution in [-0.2, 0) is 19.5 Å². The van der Waals surface area contributed by atoms with Crippen molar-refractivity contribution in [1.29, 1.82) is 0 Å². The van der Waals surface area contributed by atoms with E-state index in [9.17, 15) is 9.59 Å². The highest BCUT2D eigenvalue weighted by Crippen LogP contribution is 2.26. The summed E-state index contributed by atoms with van der Waals surface area (Å²) in [6.45, 7) is 5.77. The molecule has 0 spiro atoms. The fraction of sp³-hybridized carbons (Fsp3) is 0.423. The Morgan fingerprint density at radius 2 is 1.83 bits per heavy atom. The molecule has 0 bridgehead atoms. The molecule has 1 aromatic carbocycles. The van der Waals surface area contributed by atoms with Gasteiger partial charge in [0.2, 0.25) is 0 Å². The first kappa shape index (κ1) is 23.7. The molecule has 1 amide bonds. The second-order valence-electron chi connectivity index (χ2n) is 9.14. The quantitative estimate of drug-likeness (QED) is 0.544. The number of amides is 1. The number of likely N-dealkylation sites (N-methyl/N-ethyl adjacent to an activating group) is 1. The Morgan fingerprint density at radius 1 is 1.06 bits per heavy atom. The number of piperazine rings is 1. The summed E-state index contributed by atoms with van der Waals surface area (Å²) in [6.07, 6.45) is 0.609. The van der Waals surface area contributed by atoms with Crippen molar-refractivity contribution in [2.75, 3.05) is 53.4 Å².